The van der Waals surface area contributed by atoms with E-state index >= 15 is 4.39 Å². The van der Waals surface area contributed by atoms with Gasteiger partial charge in [-0.2, -0.15) is 0 Å². The van der Waals surface area contributed by atoms with Crippen LogP contribution in [-0.4, -0.2) is 35.7 Å². The number of piperidine rings is 1. The van der Waals surface area contributed by atoms with Gasteiger partial charge in [0.1, 0.15) is 11.6 Å². The lowest BCUT2D eigenvalue weighted by molar-refractivity contribution is -0.123. The molecule has 3 amide bonds. The topological polar surface area (TPSA) is 69.7 Å². The average molecular weight is 574 g/mol. The number of hydrogen-bond acceptors (Lipinski definition) is 3. The molecule has 3 aromatic carbocycles. The summed E-state index contributed by atoms with van der Waals surface area (Å²) in [6.07, 6.45) is 2.01. The summed E-state index contributed by atoms with van der Waals surface area (Å²) in [4.78, 5) is 43.0. The smallest absolute Gasteiger partial charge is 0.257 e. The van der Waals surface area contributed by atoms with Crippen LogP contribution >= 0.6 is 0 Å². The van der Waals surface area contributed by atoms with Gasteiger partial charge in [-0.05, 0) is 78.6 Å². The first kappa shape index (κ1) is 29.4. The second kappa shape index (κ2) is 11.7. The maximum absolute atomic E-state index is 15.6. The van der Waals surface area contributed by atoms with Gasteiger partial charge >= 0.3 is 0 Å². The minimum absolute atomic E-state index is 0.0545. The van der Waals surface area contributed by atoms with Crippen molar-refractivity contribution >= 4 is 29.1 Å². The molecule has 5 rings (SSSR count). The van der Waals surface area contributed by atoms with Crippen LogP contribution in [0.3, 0.4) is 0 Å². The lowest BCUT2D eigenvalue weighted by Crippen LogP contribution is -2.47. The molecule has 0 bridgehead atoms. The Morgan fingerprint density at radius 2 is 1.69 bits per heavy atom. The molecule has 2 unspecified atom stereocenters. The molecule has 2 saturated heterocycles. The molecule has 0 radical (unpaired) electrons. The molecule has 2 aliphatic rings. The molecule has 42 heavy (non-hydrogen) atoms. The highest BCUT2D eigenvalue weighted by molar-refractivity contribution is 5.98. The third kappa shape index (κ3) is 5.80. The zero-order valence-electron chi connectivity index (χ0n) is 24.5. The predicted octanol–water partition coefficient (Wildman–Crippen LogP) is 6.93. The standard InChI is InChI=1S/C34H37F2N3O3/c1-21-9-5-13-26(35)30(21)33(42)39-18-7-12-25(32(41)37-24-11-6-10-23(20-24)34(2,3)4)31(39)22-15-16-28(27(36)19-22)38-17-8-14-29(38)40/h5-6,9-11,13,15-16,19-20,25,31H,7-8,12,14,17-18H2,1-4H3,(H,37,41). The number of likely N-dealkylation sites (tertiary alicyclic amines) is 1. The van der Waals surface area contributed by atoms with Gasteiger partial charge in [0, 0.05) is 25.2 Å². The molecule has 2 atom stereocenters. The summed E-state index contributed by atoms with van der Waals surface area (Å²) in [5.74, 6) is -2.93. The number of halogens is 2. The summed E-state index contributed by atoms with van der Waals surface area (Å²) < 4.78 is 30.5. The molecule has 0 saturated carbocycles. The molecule has 2 aliphatic heterocycles. The van der Waals surface area contributed by atoms with E-state index in [1.54, 1.807) is 31.2 Å². The van der Waals surface area contributed by atoms with Gasteiger partial charge in [0.25, 0.3) is 5.91 Å². The molecular formula is C34H37F2N3O3. The number of benzene rings is 3. The molecule has 220 valence electrons. The number of rotatable bonds is 5. The third-order valence-corrected chi connectivity index (χ3v) is 8.34. The van der Waals surface area contributed by atoms with Crippen molar-refractivity contribution in [2.45, 2.75) is 64.8 Å². The zero-order valence-corrected chi connectivity index (χ0v) is 24.5. The number of amides is 3. The predicted molar refractivity (Wildman–Crippen MR) is 159 cm³/mol. The van der Waals surface area contributed by atoms with Crippen molar-refractivity contribution in [1.82, 2.24) is 4.90 Å². The fraction of sp³-hybridized carbons (Fsp3) is 0.382. The molecule has 1 N–H and O–H groups in total. The van der Waals surface area contributed by atoms with Gasteiger partial charge in [-0.1, -0.05) is 51.1 Å². The third-order valence-electron chi connectivity index (χ3n) is 8.34. The maximum Gasteiger partial charge on any atom is 0.257 e. The van der Waals surface area contributed by atoms with E-state index in [9.17, 15) is 18.8 Å². The van der Waals surface area contributed by atoms with Crippen molar-refractivity contribution in [2.24, 2.45) is 5.92 Å². The lowest BCUT2D eigenvalue weighted by atomic mass is 9.83. The van der Waals surface area contributed by atoms with E-state index in [1.807, 2.05) is 24.3 Å². The van der Waals surface area contributed by atoms with Crippen LogP contribution < -0.4 is 10.2 Å². The highest BCUT2D eigenvalue weighted by atomic mass is 19.1. The van der Waals surface area contributed by atoms with Crippen LogP contribution in [0, 0.1) is 24.5 Å². The van der Waals surface area contributed by atoms with E-state index < -0.39 is 29.5 Å². The Bertz CT molecular complexity index is 1510. The van der Waals surface area contributed by atoms with Crippen LogP contribution in [0.15, 0.2) is 60.7 Å². The van der Waals surface area contributed by atoms with Crippen molar-refractivity contribution in [3.05, 3.63) is 94.6 Å². The Balaban J connectivity index is 1.54. The minimum Gasteiger partial charge on any atom is -0.331 e. The molecule has 8 heteroatoms. The van der Waals surface area contributed by atoms with Crippen molar-refractivity contribution in [1.29, 1.82) is 0 Å². The van der Waals surface area contributed by atoms with E-state index in [0.29, 0.717) is 49.0 Å². The highest BCUT2D eigenvalue weighted by Gasteiger charge is 2.41. The van der Waals surface area contributed by atoms with Gasteiger partial charge in [-0.15, -0.1) is 0 Å². The number of carbonyl (C=O) groups excluding carboxylic acids is 3. The number of aryl methyl sites for hydroxylation is 1. The zero-order chi connectivity index (χ0) is 30.2. The monoisotopic (exact) mass is 573 g/mol. The Hall–Kier alpha value is -4.07. The quantitative estimate of drug-likeness (QED) is 0.360. The Kier molecular flexibility index (Phi) is 8.17. The molecule has 0 aliphatic carbocycles. The fourth-order valence-corrected chi connectivity index (χ4v) is 6.08. The number of hydrogen-bond donors (Lipinski definition) is 1. The summed E-state index contributed by atoms with van der Waals surface area (Å²) in [5.41, 5.74) is 2.60. The van der Waals surface area contributed by atoms with E-state index in [0.717, 1.165) is 5.56 Å². The first-order chi connectivity index (χ1) is 20.0. The number of anilines is 2. The molecular weight excluding hydrogens is 536 g/mol. The molecule has 2 heterocycles. The summed E-state index contributed by atoms with van der Waals surface area (Å²) in [6, 6.07) is 15.8. The average Bonchev–Trinajstić information content (AvgIpc) is 3.37. The van der Waals surface area contributed by atoms with Crippen molar-refractivity contribution in [3.8, 4) is 0 Å². The second-order valence-electron chi connectivity index (χ2n) is 12.3. The van der Waals surface area contributed by atoms with Crippen LogP contribution in [0.4, 0.5) is 20.2 Å². The first-order valence-corrected chi connectivity index (χ1v) is 14.5. The normalized spacial score (nSPS) is 19.2. The van der Waals surface area contributed by atoms with Crippen LogP contribution in [0.25, 0.3) is 0 Å². The van der Waals surface area contributed by atoms with Gasteiger partial charge in [0.2, 0.25) is 11.8 Å². The van der Waals surface area contributed by atoms with E-state index in [2.05, 4.69) is 26.1 Å². The van der Waals surface area contributed by atoms with Gasteiger partial charge < -0.3 is 15.1 Å². The maximum atomic E-state index is 15.6. The Morgan fingerprint density at radius 1 is 0.929 bits per heavy atom. The Labute approximate surface area is 245 Å². The number of carbonyl (C=O) groups is 3. The van der Waals surface area contributed by atoms with Gasteiger partial charge in [-0.25, -0.2) is 8.78 Å². The summed E-state index contributed by atoms with van der Waals surface area (Å²) >= 11 is 0. The van der Waals surface area contributed by atoms with Crippen LogP contribution in [0.5, 0.6) is 0 Å². The Morgan fingerprint density at radius 3 is 2.36 bits per heavy atom. The molecule has 3 aromatic rings. The summed E-state index contributed by atoms with van der Waals surface area (Å²) in [7, 11) is 0. The summed E-state index contributed by atoms with van der Waals surface area (Å²) in [6.45, 7) is 8.67. The highest BCUT2D eigenvalue weighted by Crippen LogP contribution is 2.40. The van der Waals surface area contributed by atoms with E-state index in [-0.39, 0.29) is 35.0 Å². The SMILES string of the molecule is Cc1cccc(F)c1C(=O)N1CCCC(C(=O)Nc2cccc(C(C)(C)C)c2)C1c1ccc(N2CCCC2=O)c(F)c1. The minimum atomic E-state index is -0.839. The number of nitrogens with one attached hydrogen (secondary N) is 1. The van der Waals surface area contributed by atoms with Gasteiger partial charge in [0.15, 0.2) is 0 Å². The van der Waals surface area contributed by atoms with Crippen LogP contribution in [0.2, 0.25) is 0 Å². The number of nitrogens with zero attached hydrogens (tertiary/aromatic N) is 2. The van der Waals surface area contributed by atoms with Crippen molar-refractivity contribution in [2.75, 3.05) is 23.3 Å². The molecule has 0 aromatic heterocycles. The second-order valence-corrected chi connectivity index (χ2v) is 12.3. The molecule has 6 nitrogen and oxygen atoms in total. The van der Waals surface area contributed by atoms with Crippen molar-refractivity contribution < 1.29 is 23.2 Å². The summed E-state index contributed by atoms with van der Waals surface area (Å²) in [5, 5.41) is 3.02. The first-order valence-electron chi connectivity index (χ1n) is 14.5. The lowest BCUT2D eigenvalue weighted by Gasteiger charge is -2.41. The molecule has 2 fully saturated rings. The fourth-order valence-electron chi connectivity index (χ4n) is 6.08. The van der Waals surface area contributed by atoms with E-state index in [4.69, 9.17) is 0 Å². The largest absolute Gasteiger partial charge is 0.331 e. The van der Waals surface area contributed by atoms with E-state index in [1.165, 1.54) is 21.9 Å². The van der Waals surface area contributed by atoms with Crippen LogP contribution in [-0.2, 0) is 15.0 Å². The van der Waals surface area contributed by atoms with Crippen LogP contribution in [0.1, 0.15) is 79.5 Å². The van der Waals surface area contributed by atoms with Crippen molar-refractivity contribution in [3.63, 3.8) is 0 Å². The van der Waals surface area contributed by atoms with Gasteiger partial charge in [0.05, 0.1) is 23.2 Å². The van der Waals surface area contributed by atoms with Gasteiger partial charge in [-0.3, -0.25) is 14.4 Å². The molecule has 0 spiro atoms.